The smallest absolute Gasteiger partial charge is 0.435 e. The van der Waals surface area contributed by atoms with Gasteiger partial charge >= 0.3 is 12.1 Å². The SMILES string of the molecule is COC(=O)C(C)C(c1ccc2c(c1)OC1(CC2)CCN(c2cccnc2C(F)(F)F)CC1)C1CC1. The fourth-order valence-electron chi connectivity index (χ4n) is 5.86. The number of pyridine rings is 1. The minimum atomic E-state index is -4.48. The van der Waals surface area contributed by atoms with E-state index in [0.717, 1.165) is 42.6 Å². The summed E-state index contributed by atoms with van der Waals surface area (Å²) in [6.07, 6.45) is 1.93. The van der Waals surface area contributed by atoms with Crippen LogP contribution in [0.3, 0.4) is 0 Å². The number of piperidine rings is 1. The third kappa shape index (κ3) is 4.71. The molecule has 0 N–H and O–H groups in total. The number of benzene rings is 1. The van der Waals surface area contributed by atoms with E-state index in [4.69, 9.17) is 9.47 Å². The molecule has 8 heteroatoms. The molecule has 3 heterocycles. The molecule has 1 saturated heterocycles. The molecule has 1 aromatic carbocycles. The number of esters is 1. The first-order chi connectivity index (χ1) is 16.7. The van der Waals surface area contributed by atoms with Crippen LogP contribution < -0.4 is 9.64 Å². The van der Waals surface area contributed by atoms with Gasteiger partial charge in [-0.2, -0.15) is 13.2 Å². The quantitative estimate of drug-likeness (QED) is 0.501. The van der Waals surface area contributed by atoms with Gasteiger partial charge in [-0.1, -0.05) is 19.1 Å². The lowest BCUT2D eigenvalue weighted by atomic mass is 9.80. The third-order valence-corrected chi connectivity index (χ3v) is 7.96. The van der Waals surface area contributed by atoms with Crippen LogP contribution >= 0.6 is 0 Å². The second-order valence-corrected chi connectivity index (χ2v) is 10.2. The van der Waals surface area contributed by atoms with Gasteiger partial charge in [0.2, 0.25) is 0 Å². The molecule has 3 aliphatic rings. The number of aryl methyl sites for hydroxylation is 1. The lowest BCUT2D eigenvalue weighted by molar-refractivity contribution is -0.146. The third-order valence-electron chi connectivity index (χ3n) is 7.96. The average Bonchev–Trinajstić information content (AvgIpc) is 3.68. The van der Waals surface area contributed by atoms with E-state index in [1.165, 1.54) is 19.4 Å². The Morgan fingerprint density at radius 1 is 1.20 bits per heavy atom. The van der Waals surface area contributed by atoms with Crippen molar-refractivity contribution < 1.29 is 27.4 Å². The zero-order valence-electron chi connectivity index (χ0n) is 20.1. The first-order valence-electron chi connectivity index (χ1n) is 12.4. The lowest BCUT2D eigenvalue weighted by Gasteiger charge is -2.45. The van der Waals surface area contributed by atoms with Crippen molar-refractivity contribution in [3.8, 4) is 5.75 Å². The number of aromatic nitrogens is 1. The van der Waals surface area contributed by atoms with Crippen molar-refractivity contribution >= 4 is 11.7 Å². The molecule has 2 atom stereocenters. The molecule has 1 spiro atoms. The number of carbonyl (C=O) groups excluding carboxylic acids is 1. The van der Waals surface area contributed by atoms with E-state index in [2.05, 4.69) is 23.2 Å². The molecule has 188 valence electrons. The molecule has 1 saturated carbocycles. The number of fused-ring (bicyclic) bond motifs is 1. The molecule has 0 bridgehead atoms. The molecule has 0 radical (unpaired) electrons. The second kappa shape index (κ2) is 9.03. The van der Waals surface area contributed by atoms with Crippen molar-refractivity contribution in [1.82, 2.24) is 4.98 Å². The van der Waals surface area contributed by atoms with Crippen molar-refractivity contribution in [3.63, 3.8) is 0 Å². The van der Waals surface area contributed by atoms with E-state index in [9.17, 15) is 18.0 Å². The van der Waals surface area contributed by atoms with Crippen LogP contribution in [0.4, 0.5) is 18.9 Å². The first-order valence-corrected chi connectivity index (χ1v) is 12.4. The molecule has 1 aromatic heterocycles. The predicted octanol–water partition coefficient (Wildman–Crippen LogP) is 5.77. The van der Waals surface area contributed by atoms with Crippen LogP contribution in [0.2, 0.25) is 0 Å². The Kier molecular flexibility index (Phi) is 6.18. The maximum atomic E-state index is 13.5. The Bertz CT molecular complexity index is 1090. The van der Waals surface area contributed by atoms with Gasteiger partial charge in [0.05, 0.1) is 18.7 Å². The van der Waals surface area contributed by atoms with Gasteiger partial charge in [-0.3, -0.25) is 4.79 Å². The summed E-state index contributed by atoms with van der Waals surface area (Å²) in [4.78, 5) is 17.7. The summed E-state index contributed by atoms with van der Waals surface area (Å²) in [5.41, 5.74) is 1.17. The highest BCUT2D eigenvalue weighted by molar-refractivity contribution is 5.73. The first kappa shape index (κ1) is 23.9. The Labute approximate surface area is 203 Å². The van der Waals surface area contributed by atoms with Gasteiger partial charge < -0.3 is 14.4 Å². The van der Waals surface area contributed by atoms with Crippen LogP contribution in [-0.4, -0.2) is 36.8 Å². The van der Waals surface area contributed by atoms with Gasteiger partial charge in [0.25, 0.3) is 0 Å². The number of carbonyl (C=O) groups is 1. The number of hydrogen-bond donors (Lipinski definition) is 0. The molecule has 2 fully saturated rings. The van der Waals surface area contributed by atoms with E-state index in [1.54, 1.807) is 11.0 Å². The van der Waals surface area contributed by atoms with Crippen molar-refractivity contribution in [2.75, 3.05) is 25.1 Å². The molecule has 2 aromatic rings. The number of nitrogens with zero attached hydrogens (tertiary/aromatic N) is 2. The number of ether oxygens (including phenoxy) is 2. The van der Waals surface area contributed by atoms with Gasteiger partial charge in [-0.25, -0.2) is 4.98 Å². The van der Waals surface area contributed by atoms with Gasteiger partial charge in [0.1, 0.15) is 11.4 Å². The van der Waals surface area contributed by atoms with E-state index in [-0.39, 0.29) is 29.1 Å². The molecule has 2 aliphatic heterocycles. The van der Waals surface area contributed by atoms with Crippen LogP contribution in [0.1, 0.15) is 61.8 Å². The fourth-order valence-corrected chi connectivity index (χ4v) is 5.86. The molecule has 1 aliphatic carbocycles. The van der Waals surface area contributed by atoms with Crippen molar-refractivity contribution in [2.24, 2.45) is 11.8 Å². The topological polar surface area (TPSA) is 51.7 Å². The molecule has 5 nitrogen and oxygen atoms in total. The summed E-state index contributed by atoms with van der Waals surface area (Å²) in [7, 11) is 1.43. The van der Waals surface area contributed by atoms with Crippen molar-refractivity contribution in [3.05, 3.63) is 53.3 Å². The Morgan fingerprint density at radius 2 is 1.94 bits per heavy atom. The molecular formula is C27H31F3N2O3. The normalized spacial score (nSPS) is 21.1. The number of anilines is 1. The van der Waals surface area contributed by atoms with Crippen molar-refractivity contribution in [2.45, 2.75) is 63.1 Å². The fraction of sp³-hybridized carbons (Fsp3) is 0.556. The molecule has 0 amide bonds. The summed E-state index contributed by atoms with van der Waals surface area (Å²) in [5.74, 6) is 1.00. The second-order valence-electron chi connectivity index (χ2n) is 10.2. The summed E-state index contributed by atoms with van der Waals surface area (Å²) in [5, 5.41) is 0. The molecule has 35 heavy (non-hydrogen) atoms. The summed E-state index contributed by atoms with van der Waals surface area (Å²) >= 11 is 0. The van der Waals surface area contributed by atoms with Gasteiger partial charge in [-0.15, -0.1) is 0 Å². The minimum Gasteiger partial charge on any atom is -0.487 e. The number of halogens is 3. The zero-order chi connectivity index (χ0) is 24.8. The Balaban J connectivity index is 1.33. The highest BCUT2D eigenvalue weighted by atomic mass is 19.4. The summed E-state index contributed by atoms with van der Waals surface area (Å²) in [6.45, 7) is 2.89. The molecule has 5 rings (SSSR count). The Morgan fingerprint density at radius 3 is 2.60 bits per heavy atom. The monoisotopic (exact) mass is 488 g/mol. The van der Waals surface area contributed by atoms with Crippen LogP contribution in [-0.2, 0) is 22.1 Å². The van der Waals surface area contributed by atoms with Gasteiger partial charge in [0, 0.05) is 32.1 Å². The van der Waals surface area contributed by atoms with Crippen molar-refractivity contribution in [1.29, 1.82) is 0 Å². The zero-order valence-corrected chi connectivity index (χ0v) is 20.1. The number of rotatable bonds is 5. The highest BCUT2D eigenvalue weighted by Gasteiger charge is 2.43. The standard InChI is InChI=1S/C27H31F3N2O3/c1-17(25(33)34-2)23(19-6-7-19)20-8-5-18-9-10-26(35-22(18)16-20)11-14-32(15-12-26)21-4-3-13-31-24(21)27(28,29)30/h3-5,8,13,16-17,19,23H,6-7,9-12,14-15H2,1-2H3. The minimum absolute atomic E-state index is 0.0995. The Hall–Kier alpha value is -2.77. The van der Waals surface area contributed by atoms with Gasteiger partial charge in [-0.05, 0) is 66.8 Å². The maximum absolute atomic E-state index is 13.5. The number of hydrogen-bond acceptors (Lipinski definition) is 5. The van der Waals surface area contributed by atoms with E-state index < -0.39 is 11.9 Å². The van der Waals surface area contributed by atoms with Crippen LogP contribution in [0.15, 0.2) is 36.5 Å². The van der Waals surface area contributed by atoms with E-state index >= 15 is 0 Å². The summed E-state index contributed by atoms with van der Waals surface area (Å²) < 4.78 is 52.0. The largest absolute Gasteiger partial charge is 0.487 e. The van der Waals surface area contributed by atoms with Crippen LogP contribution in [0.25, 0.3) is 0 Å². The van der Waals surface area contributed by atoms with E-state index in [0.29, 0.717) is 31.8 Å². The number of alkyl halides is 3. The lowest BCUT2D eigenvalue weighted by Crippen LogP contribution is -2.50. The van der Waals surface area contributed by atoms with Gasteiger partial charge in [0.15, 0.2) is 5.69 Å². The molecular weight excluding hydrogens is 457 g/mol. The average molecular weight is 489 g/mol. The molecule has 2 unspecified atom stereocenters. The maximum Gasteiger partial charge on any atom is 0.435 e. The number of methoxy groups -OCH3 is 1. The van der Waals surface area contributed by atoms with E-state index in [1.807, 2.05) is 6.92 Å². The predicted molar refractivity (Wildman–Crippen MR) is 125 cm³/mol. The van der Waals surface area contributed by atoms with Crippen LogP contribution in [0.5, 0.6) is 5.75 Å². The summed E-state index contributed by atoms with van der Waals surface area (Å²) in [6, 6.07) is 9.37. The highest BCUT2D eigenvalue weighted by Crippen LogP contribution is 2.49. The van der Waals surface area contributed by atoms with Crippen LogP contribution in [0, 0.1) is 11.8 Å².